The minimum absolute atomic E-state index is 0.0625. The molecular weight excluding hydrogens is 817 g/mol. The van der Waals surface area contributed by atoms with E-state index in [4.69, 9.17) is 14.2 Å². The van der Waals surface area contributed by atoms with Crippen LogP contribution in [0, 0.1) is 0 Å². The third-order valence-corrected chi connectivity index (χ3v) is 13.9. The van der Waals surface area contributed by atoms with E-state index in [1.54, 1.807) is 0 Å². The van der Waals surface area contributed by atoms with Crippen molar-refractivity contribution in [1.82, 2.24) is 0 Å². The maximum atomic E-state index is 12.7. The largest absolute Gasteiger partial charge is 0.462 e. The summed E-state index contributed by atoms with van der Waals surface area (Å²) < 4.78 is 16.8. The Hall–Kier alpha value is -1.59. The average molecular weight is 934 g/mol. The predicted octanol–water partition coefficient (Wildman–Crippen LogP) is 19.9. The van der Waals surface area contributed by atoms with Gasteiger partial charge >= 0.3 is 17.9 Å². The van der Waals surface area contributed by atoms with Crippen LogP contribution in [0.3, 0.4) is 0 Å². The van der Waals surface area contributed by atoms with Gasteiger partial charge in [0, 0.05) is 19.3 Å². The fourth-order valence-corrected chi connectivity index (χ4v) is 9.33. The number of carbonyl (C=O) groups excluding carboxylic acids is 3. The van der Waals surface area contributed by atoms with Gasteiger partial charge in [-0.15, -0.1) is 0 Å². The van der Waals surface area contributed by atoms with E-state index in [1.807, 2.05) is 0 Å². The van der Waals surface area contributed by atoms with Crippen LogP contribution < -0.4 is 0 Å². The van der Waals surface area contributed by atoms with Crippen molar-refractivity contribution in [2.45, 2.75) is 354 Å². The molecule has 0 aliphatic rings. The summed E-state index contributed by atoms with van der Waals surface area (Å²) in [6.07, 6.45) is 63.0. The number of hydrogen-bond donors (Lipinski definition) is 0. The van der Waals surface area contributed by atoms with Crippen molar-refractivity contribution < 1.29 is 28.6 Å². The summed E-state index contributed by atoms with van der Waals surface area (Å²) in [6.45, 7) is 6.64. The lowest BCUT2D eigenvalue weighted by Crippen LogP contribution is -2.30. The highest BCUT2D eigenvalue weighted by molar-refractivity contribution is 5.71. The highest BCUT2D eigenvalue weighted by Gasteiger charge is 2.19. The van der Waals surface area contributed by atoms with Crippen molar-refractivity contribution in [3.63, 3.8) is 0 Å². The Morgan fingerprint density at radius 1 is 0.242 bits per heavy atom. The Balaban J connectivity index is 3.91. The number of hydrogen-bond acceptors (Lipinski definition) is 6. The predicted molar refractivity (Wildman–Crippen MR) is 284 cm³/mol. The quantitative estimate of drug-likeness (QED) is 0.0343. The van der Waals surface area contributed by atoms with Crippen molar-refractivity contribution in [3.8, 4) is 0 Å². The third kappa shape index (κ3) is 53.4. The van der Waals surface area contributed by atoms with Crippen molar-refractivity contribution in [1.29, 1.82) is 0 Å². The van der Waals surface area contributed by atoms with Gasteiger partial charge in [-0.1, -0.05) is 310 Å². The molecule has 6 nitrogen and oxygen atoms in total. The number of ether oxygens (including phenoxy) is 3. The summed E-state index contributed by atoms with van der Waals surface area (Å²) in [5, 5.41) is 0. The van der Waals surface area contributed by atoms with Crippen molar-refractivity contribution in [2.75, 3.05) is 13.2 Å². The lowest BCUT2D eigenvalue weighted by molar-refractivity contribution is -0.167. The standard InChI is InChI=1S/C60H116O6/c1-4-7-10-13-16-18-20-22-23-24-25-26-27-28-29-30-31-32-33-34-35-36-37-39-40-42-44-47-50-53-59(62)65-56-57(55-64-58(61)52-49-46-15-12-9-6-3)66-60(63)54-51-48-45-43-41-38-21-19-17-14-11-8-5-2/h57H,4-56H2,1-3H3. The van der Waals surface area contributed by atoms with E-state index in [0.29, 0.717) is 19.3 Å². The second-order valence-corrected chi connectivity index (χ2v) is 20.6. The van der Waals surface area contributed by atoms with Crippen LogP contribution in [0.5, 0.6) is 0 Å². The van der Waals surface area contributed by atoms with E-state index in [0.717, 1.165) is 57.8 Å². The molecule has 0 aromatic carbocycles. The SMILES string of the molecule is CCCCCCCCCCCCCCCCCCCCCCCCCCCCCCCC(=O)OCC(COC(=O)CCCCCCCC)OC(=O)CCCCCCCCCCCCCCC. The molecule has 0 rings (SSSR count). The Labute approximate surface area is 412 Å². The topological polar surface area (TPSA) is 78.9 Å². The zero-order valence-corrected chi connectivity index (χ0v) is 45.0. The van der Waals surface area contributed by atoms with E-state index < -0.39 is 6.10 Å². The van der Waals surface area contributed by atoms with Gasteiger partial charge in [-0.25, -0.2) is 0 Å². The van der Waals surface area contributed by atoms with Crippen LogP contribution in [-0.4, -0.2) is 37.2 Å². The highest BCUT2D eigenvalue weighted by Crippen LogP contribution is 2.18. The van der Waals surface area contributed by atoms with E-state index >= 15 is 0 Å². The fourth-order valence-electron chi connectivity index (χ4n) is 9.33. The smallest absolute Gasteiger partial charge is 0.306 e. The molecule has 392 valence electrons. The maximum Gasteiger partial charge on any atom is 0.306 e. The molecule has 0 bridgehead atoms. The summed E-state index contributed by atoms with van der Waals surface area (Å²) in [6, 6.07) is 0. The summed E-state index contributed by atoms with van der Waals surface area (Å²) >= 11 is 0. The molecule has 66 heavy (non-hydrogen) atoms. The molecular formula is C60H116O6. The summed E-state index contributed by atoms with van der Waals surface area (Å²) in [5.74, 6) is -0.849. The van der Waals surface area contributed by atoms with Gasteiger partial charge in [-0.3, -0.25) is 14.4 Å². The summed E-state index contributed by atoms with van der Waals surface area (Å²) in [5.41, 5.74) is 0. The normalized spacial score (nSPS) is 11.9. The van der Waals surface area contributed by atoms with Crippen molar-refractivity contribution in [2.24, 2.45) is 0 Å². The zero-order valence-electron chi connectivity index (χ0n) is 45.0. The second-order valence-electron chi connectivity index (χ2n) is 20.6. The van der Waals surface area contributed by atoms with Crippen LogP contribution in [0.25, 0.3) is 0 Å². The van der Waals surface area contributed by atoms with Crippen LogP contribution in [0.4, 0.5) is 0 Å². The van der Waals surface area contributed by atoms with Crippen molar-refractivity contribution in [3.05, 3.63) is 0 Å². The lowest BCUT2D eigenvalue weighted by Gasteiger charge is -2.18. The first-order valence-electron chi connectivity index (χ1n) is 30.0. The molecule has 1 atom stereocenters. The molecule has 0 aliphatic carbocycles. The second kappa shape index (κ2) is 56.0. The molecule has 0 saturated carbocycles. The Kier molecular flexibility index (Phi) is 54.7. The molecule has 0 fully saturated rings. The molecule has 0 heterocycles. The molecule has 0 spiro atoms. The fraction of sp³-hybridized carbons (Fsp3) is 0.950. The molecule has 0 radical (unpaired) electrons. The van der Waals surface area contributed by atoms with Gasteiger partial charge in [-0.2, -0.15) is 0 Å². The Morgan fingerprint density at radius 2 is 0.409 bits per heavy atom. The van der Waals surface area contributed by atoms with Crippen LogP contribution in [0.1, 0.15) is 348 Å². The number of esters is 3. The van der Waals surface area contributed by atoms with Gasteiger partial charge < -0.3 is 14.2 Å². The molecule has 0 aromatic heterocycles. The van der Waals surface area contributed by atoms with Gasteiger partial charge in [0.05, 0.1) is 0 Å². The van der Waals surface area contributed by atoms with Gasteiger partial charge in [0.25, 0.3) is 0 Å². The number of unbranched alkanes of at least 4 members (excludes halogenated alkanes) is 45. The van der Waals surface area contributed by atoms with Gasteiger partial charge in [-0.05, 0) is 19.3 Å². The van der Waals surface area contributed by atoms with Crippen molar-refractivity contribution >= 4 is 17.9 Å². The first kappa shape index (κ1) is 64.4. The monoisotopic (exact) mass is 933 g/mol. The minimum atomic E-state index is -0.759. The molecule has 0 aromatic rings. The van der Waals surface area contributed by atoms with E-state index in [1.165, 1.54) is 250 Å². The van der Waals surface area contributed by atoms with Crippen LogP contribution in [-0.2, 0) is 28.6 Å². The summed E-state index contributed by atoms with van der Waals surface area (Å²) in [7, 11) is 0. The van der Waals surface area contributed by atoms with Gasteiger partial charge in [0.1, 0.15) is 13.2 Å². The average Bonchev–Trinajstić information content (AvgIpc) is 3.31. The molecule has 6 heteroatoms. The number of rotatable bonds is 56. The first-order chi connectivity index (χ1) is 32.5. The van der Waals surface area contributed by atoms with Crippen LogP contribution in [0.15, 0.2) is 0 Å². The lowest BCUT2D eigenvalue weighted by atomic mass is 10.0. The molecule has 0 N–H and O–H groups in total. The first-order valence-corrected chi connectivity index (χ1v) is 30.0. The van der Waals surface area contributed by atoms with E-state index in [9.17, 15) is 14.4 Å². The highest BCUT2D eigenvalue weighted by atomic mass is 16.6. The van der Waals surface area contributed by atoms with E-state index in [2.05, 4.69) is 20.8 Å². The maximum absolute atomic E-state index is 12.7. The number of carbonyl (C=O) groups is 3. The van der Waals surface area contributed by atoms with Gasteiger partial charge in [0.15, 0.2) is 6.10 Å². The summed E-state index contributed by atoms with van der Waals surface area (Å²) in [4.78, 5) is 37.8. The zero-order chi connectivity index (χ0) is 47.9. The third-order valence-electron chi connectivity index (χ3n) is 13.9. The van der Waals surface area contributed by atoms with Crippen LogP contribution in [0.2, 0.25) is 0 Å². The van der Waals surface area contributed by atoms with E-state index in [-0.39, 0.29) is 31.1 Å². The van der Waals surface area contributed by atoms with Crippen LogP contribution >= 0.6 is 0 Å². The molecule has 0 amide bonds. The minimum Gasteiger partial charge on any atom is -0.462 e. The Bertz CT molecular complexity index is 982. The Morgan fingerprint density at radius 3 is 0.606 bits per heavy atom. The molecule has 0 aliphatic heterocycles. The molecule has 0 saturated heterocycles. The molecule has 1 unspecified atom stereocenters. The van der Waals surface area contributed by atoms with Gasteiger partial charge in [0.2, 0.25) is 0 Å².